The fourth-order valence-electron chi connectivity index (χ4n) is 1.87. The Labute approximate surface area is 125 Å². The molecule has 1 aliphatic heterocycles. The van der Waals surface area contributed by atoms with E-state index in [0.29, 0.717) is 18.7 Å². The minimum absolute atomic E-state index is 0.154. The van der Waals surface area contributed by atoms with Gasteiger partial charge in [0.1, 0.15) is 6.04 Å². The van der Waals surface area contributed by atoms with Crippen LogP contribution in [0.4, 0.5) is 0 Å². The van der Waals surface area contributed by atoms with Crippen LogP contribution >= 0.6 is 23.5 Å². The third kappa shape index (κ3) is 3.91. The van der Waals surface area contributed by atoms with Gasteiger partial charge in [0.2, 0.25) is 0 Å². The third-order valence-corrected chi connectivity index (χ3v) is 4.48. The highest BCUT2D eigenvalue weighted by Crippen LogP contribution is 2.36. The number of aliphatic hydroxyl groups is 1. The van der Waals surface area contributed by atoms with Crippen molar-refractivity contribution in [1.82, 2.24) is 5.32 Å². The normalized spacial score (nSPS) is 23.1. The van der Waals surface area contributed by atoms with Crippen LogP contribution in [0.15, 0.2) is 40.1 Å². The summed E-state index contributed by atoms with van der Waals surface area (Å²) in [6.45, 7) is 0.412. The Balaban J connectivity index is 1.92. The highest BCUT2D eigenvalue weighted by Gasteiger charge is 2.28. The van der Waals surface area contributed by atoms with Gasteiger partial charge < -0.3 is 10.2 Å². The number of carboxylic acids is 1. The van der Waals surface area contributed by atoms with E-state index >= 15 is 0 Å². The van der Waals surface area contributed by atoms with Crippen LogP contribution in [0.2, 0.25) is 0 Å². The molecule has 2 unspecified atom stereocenters. The molecule has 20 heavy (non-hydrogen) atoms. The van der Waals surface area contributed by atoms with Gasteiger partial charge in [-0.05, 0) is 23.8 Å². The van der Waals surface area contributed by atoms with Crippen LogP contribution in [0.25, 0.3) is 0 Å². The van der Waals surface area contributed by atoms with Crippen LogP contribution in [-0.2, 0) is 4.79 Å². The average Bonchev–Trinajstić information content (AvgIpc) is 2.80. The van der Waals surface area contributed by atoms with E-state index in [0.717, 1.165) is 10.7 Å². The first kappa shape index (κ1) is 15.2. The zero-order chi connectivity index (χ0) is 14.5. The Morgan fingerprint density at radius 1 is 1.70 bits per heavy atom. The number of carbonyl (C=O) groups is 1. The van der Waals surface area contributed by atoms with E-state index in [-0.39, 0.29) is 5.25 Å². The van der Waals surface area contributed by atoms with Crippen molar-refractivity contribution in [2.24, 2.45) is 4.99 Å². The Hall–Kier alpha value is -1.18. The SMILES string of the molecule is CS/C=C\C(NCC1=NC2=CC=C(O)CC2S1)C(=O)O. The summed E-state index contributed by atoms with van der Waals surface area (Å²) in [5.41, 5.74) is 0.941. The molecule has 0 fully saturated rings. The highest BCUT2D eigenvalue weighted by atomic mass is 32.2. The average molecular weight is 312 g/mol. The van der Waals surface area contributed by atoms with Gasteiger partial charge in [0.05, 0.1) is 21.7 Å². The van der Waals surface area contributed by atoms with Crippen LogP contribution in [0.1, 0.15) is 6.42 Å². The number of thioether (sulfide) groups is 2. The molecule has 0 saturated heterocycles. The van der Waals surface area contributed by atoms with Crippen molar-refractivity contribution >= 4 is 34.5 Å². The van der Waals surface area contributed by atoms with Crippen molar-refractivity contribution in [1.29, 1.82) is 0 Å². The summed E-state index contributed by atoms with van der Waals surface area (Å²) < 4.78 is 0. The van der Waals surface area contributed by atoms with E-state index < -0.39 is 12.0 Å². The molecule has 0 bridgehead atoms. The number of carboxylic acid groups (broad SMARTS) is 1. The summed E-state index contributed by atoms with van der Waals surface area (Å²) in [7, 11) is 0. The monoisotopic (exact) mass is 312 g/mol. The third-order valence-electron chi connectivity index (χ3n) is 2.85. The van der Waals surface area contributed by atoms with Gasteiger partial charge in [-0.25, -0.2) is 4.99 Å². The largest absolute Gasteiger partial charge is 0.512 e. The summed E-state index contributed by atoms with van der Waals surface area (Å²) in [4.78, 5) is 15.5. The lowest BCUT2D eigenvalue weighted by molar-refractivity contribution is -0.138. The number of fused-ring (bicyclic) bond motifs is 1. The van der Waals surface area contributed by atoms with Gasteiger partial charge in [-0.15, -0.1) is 11.8 Å². The van der Waals surface area contributed by atoms with Gasteiger partial charge in [-0.1, -0.05) is 17.8 Å². The van der Waals surface area contributed by atoms with Crippen LogP contribution in [-0.4, -0.2) is 45.3 Å². The minimum atomic E-state index is -0.908. The van der Waals surface area contributed by atoms with Crippen molar-refractivity contribution in [2.45, 2.75) is 17.7 Å². The molecule has 2 atom stereocenters. The lowest BCUT2D eigenvalue weighted by atomic mass is 10.1. The summed E-state index contributed by atoms with van der Waals surface area (Å²) >= 11 is 3.03. The van der Waals surface area contributed by atoms with E-state index in [2.05, 4.69) is 10.3 Å². The zero-order valence-electron chi connectivity index (χ0n) is 10.9. The standard InChI is InChI=1S/C13H16N2O3S2/c1-19-5-4-10(13(17)18)14-7-12-15-9-3-2-8(16)6-11(9)20-12/h2-5,10-11,14,16H,6-7H2,1H3,(H,17,18)/b5-4-. The van der Waals surface area contributed by atoms with Crippen molar-refractivity contribution in [3.05, 3.63) is 35.1 Å². The number of rotatable bonds is 6. The number of aliphatic carboxylic acids is 1. The molecule has 2 aliphatic rings. The highest BCUT2D eigenvalue weighted by molar-refractivity contribution is 8.15. The maximum atomic E-state index is 11.1. The van der Waals surface area contributed by atoms with E-state index in [4.69, 9.17) is 5.11 Å². The maximum absolute atomic E-state index is 11.1. The fourth-order valence-corrected chi connectivity index (χ4v) is 3.34. The van der Waals surface area contributed by atoms with Crippen LogP contribution in [0, 0.1) is 0 Å². The number of allylic oxidation sites excluding steroid dienone is 3. The smallest absolute Gasteiger partial charge is 0.324 e. The molecule has 108 valence electrons. The molecular weight excluding hydrogens is 296 g/mol. The number of hydrogen-bond donors (Lipinski definition) is 3. The molecule has 0 aromatic rings. The summed E-state index contributed by atoms with van der Waals surface area (Å²) in [5, 5.41) is 24.3. The van der Waals surface area contributed by atoms with Gasteiger partial charge >= 0.3 is 5.97 Å². The predicted octanol–water partition coefficient (Wildman–Crippen LogP) is 2.15. The fraction of sp³-hybridized carbons (Fsp3) is 0.385. The minimum Gasteiger partial charge on any atom is -0.512 e. The molecule has 3 N–H and O–H groups in total. The Kier molecular flexibility index (Phi) is 5.33. The topological polar surface area (TPSA) is 81.9 Å². The molecule has 1 heterocycles. The number of hydrogen-bond acceptors (Lipinski definition) is 6. The van der Waals surface area contributed by atoms with Crippen molar-refractivity contribution in [3.8, 4) is 0 Å². The second-order valence-electron chi connectivity index (χ2n) is 4.33. The van der Waals surface area contributed by atoms with Crippen molar-refractivity contribution in [3.63, 3.8) is 0 Å². The first-order chi connectivity index (χ1) is 9.60. The van der Waals surface area contributed by atoms with Gasteiger partial charge in [0.25, 0.3) is 0 Å². The molecule has 7 heteroatoms. The molecule has 2 rings (SSSR count). The van der Waals surface area contributed by atoms with E-state index in [9.17, 15) is 9.90 Å². The Bertz CT molecular complexity index is 512. The summed E-state index contributed by atoms with van der Waals surface area (Å²) in [6.07, 6.45) is 7.55. The predicted molar refractivity (Wildman–Crippen MR) is 84.3 cm³/mol. The van der Waals surface area contributed by atoms with Gasteiger partial charge in [0, 0.05) is 13.0 Å². The molecule has 0 aromatic carbocycles. The Morgan fingerprint density at radius 2 is 2.50 bits per heavy atom. The maximum Gasteiger partial charge on any atom is 0.324 e. The number of aliphatic imine (C=N–C) groups is 1. The lowest BCUT2D eigenvalue weighted by Crippen LogP contribution is -2.37. The first-order valence-corrected chi connectivity index (χ1v) is 8.26. The van der Waals surface area contributed by atoms with Gasteiger partial charge in [-0.2, -0.15) is 0 Å². The summed E-state index contributed by atoms with van der Waals surface area (Å²) in [6, 6.07) is -0.714. The molecule has 0 radical (unpaired) electrons. The molecule has 1 aliphatic carbocycles. The van der Waals surface area contributed by atoms with Crippen molar-refractivity contribution in [2.75, 3.05) is 12.8 Å². The second kappa shape index (κ2) is 7.01. The number of nitrogens with zero attached hydrogens (tertiary/aromatic N) is 1. The number of nitrogens with one attached hydrogen (secondary N) is 1. The molecule has 0 spiro atoms. The molecule has 0 amide bonds. The summed E-state index contributed by atoms with van der Waals surface area (Å²) in [5.74, 6) is -0.545. The molecule has 0 aromatic heterocycles. The molecular formula is C13H16N2O3S2. The van der Waals surface area contributed by atoms with Crippen molar-refractivity contribution < 1.29 is 15.0 Å². The van der Waals surface area contributed by atoms with Crippen LogP contribution in [0.3, 0.4) is 0 Å². The van der Waals surface area contributed by atoms with Crippen LogP contribution < -0.4 is 5.32 Å². The van der Waals surface area contributed by atoms with E-state index in [1.54, 1.807) is 29.3 Å². The van der Waals surface area contributed by atoms with Gasteiger partial charge in [0.15, 0.2) is 0 Å². The quantitative estimate of drug-likeness (QED) is 0.697. The number of aliphatic hydroxyl groups excluding tert-OH is 1. The lowest BCUT2D eigenvalue weighted by Gasteiger charge is -2.13. The molecule has 5 nitrogen and oxygen atoms in total. The van der Waals surface area contributed by atoms with E-state index in [1.807, 2.05) is 12.3 Å². The van der Waals surface area contributed by atoms with Crippen LogP contribution in [0.5, 0.6) is 0 Å². The molecule has 0 saturated carbocycles. The zero-order valence-corrected chi connectivity index (χ0v) is 12.6. The Morgan fingerprint density at radius 3 is 3.20 bits per heavy atom. The van der Waals surface area contributed by atoms with Gasteiger partial charge in [-0.3, -0.25) is 10.1 Å². The first-order valence-electron chi connectivity index (χ1n) is 6.09. The second-order valence-corrected chi connectivity index (χ2v) is 6.35. The van der Waals surface area contributed by atoms with E-state index in [1.165, 1.54) is 11.8 Å².